The van der Waals surface area contributed by atoms with Gasteiger partial charge in [-0.3, -0.25) is 4.90 Å². The number of nitrogens with zero attached hydrogens (tertiary/aromatic N) is 1. The molecule has 1 aliphatic heterocycles. The number of benzene rings is 1. The highest BCUT2D eigenvalue weighted by Crippen LogP contribution is 2.29. The zero-order chi connectivity index (χ0) is 13.8. The Balaban J connectivity index is 2.24. The second-order valence-corrected chi connectivity index (χ2v) is 6.35. The van der Waals surface area contributed by atoms with E-state index in [2.05, 4.69) is 56.1 Å². The molecule has 1 N–H and O–H groups in total. The molecule has 1 aromatic rings. The highest BCUT2D eigenvalue weighted by Gasteiger charge is 2.23. The maximum Gasteiger partial charge on any atom is 0.0351 e. The maximum absolute atomic E-state index is 3.46. The van der Waals surface area contributed by atoms with Crippen molar-refractivity contribution in [2.45, 2.75) is 40.2 Å². The Morgan fingerprint density at radius 3 is 2.16 bits per heavy atom. The van der Waals surface area contributed by atoms with Gasteiger partial charge in [-0.1, -0.05) is 43.2 Å². The van der Waals surface area contributed by atoms with Crippen molar-refractivity contribution in [3.05, 3.63) is 34.9 Å². The lowest BCUT2D eigenvalue weighted by molar-refractivity contribution is 0.154. The summed E-state index contributed by atoms with van der Waals surface area (Å²) < 4.78 is 0. The molecule has 0 bridgehead atoms. The van der Waals surface area contributed by atoms with Gasteiger partial charge < -0.3 is 5.32 Å². The van der Waals surface area contributed by atoms with Crippen LogP contribution in [0.3, 0.4) is 0 Å². The summed E-state index contributed by atoms with van der Waals surface area (Å²) in [5.41, 5.74) is 4.28. The first-order valence-corrected chi connectivity index (χ1v) is 7.59. The quantitative estimate of drug-likeness (QED) is 0.893. The van der Waals surface area contributed by atoms with Crippen LogP contribution >= 0.6 is 0 Å². The van der Waals surface area contributed by atoms with Gasteiger partial charge in [-0.25, -0.2) is 0 Å². The zero-order valence-electron chi connectivity index (χ0n) is 12.9. The van der Waals surface area contributed by atoms with Crippen LogP contribution in [0.4, 0.5) is 0 Å². The molecule has 2 heteroatoms. The number of aryl methyl sites for hydroxylation is 2. The van der Waals surface area contributed by atoms with Gasteiger partial charge in [0.15, 0.2) is 0 Å². The van der Waals surface area contributed by atoms with Crippen LogP contribution in [0.2, 0.25) is 0 Å². The van der Waals surface area contributed by atoms with Gasteiger partial charge in [-0.2, -0.15) is 0 Å². The Bertz CT molecular complexity index is 385. The van der Waals surface area contributed by atoms with Crippen LogP contribution in [-0.4, -0.2) is 31.1 Å². The van der Waals surface area contributed by atoms with E-state index in [1.54, 1.807) is 0 Å². The first-order valence-electron chi connectivity index (χ1n) is 7.59. The lowest BCUT2D eigenvalue weighted by Crippen LogP contribution is -2.45. The van der Waals surface area contributed by atoms with Gasteiger partial charge in [0, 0.05) is 32.2 Å². The van der Waals surface area contributed by atoms with Crippen LogP contribution in [0.5, 0.6) is 0 Å². The van der Waals surface area contributed by atoms with Gasteiger partial charge in [0.1, 0.15) is 0 Å². The van der Waals surface area contributed by atoms with Crippen molar-refractivity contribution in [2.24, 2.45) is 5.92 Å². The summed E-state index contributed by atoms with van der Waals surface area (Å²) in [5.74, 6) is 0.737. The number of hydrogen-bond donors (Lipinski definition) is 1. The fraction of sp³-hybridized carbons (Fsp3) is 0.647. The monoisotopic (exact) mass is 260 g/mol. The van der Waals surface area contributed by atoms with E-state index in [0.717, 1.165) is 19.0 Å². The molecule has 2 rings (SSSR count). The first-order chi connectivity index (χ1) is 9.06. The zero-order valence-corrected chi connectivity index (χ0v) is 12.9. The maximum atomic E-state index is 3.46. The Hall–Kier alpha value is -0.860. The summed E-state index contributed by atoms with van der Waals surface area (Å²) >= 11 is 0. The molecule has 0 unspecified atom stereocenters. The standard InChI is InChI=1S/C17H28N2/c1-13(2)9-17(19-7-5-18-6-8-19)16-11-14(3)10-15(4)12-16/h10-13,17-18H,5-9H2,1-4H3/t17-/m1/s1. The Morgan fingerprint density at radius 1 is 1.05 bits per heavy atom. The molecule has 0 aromatic heterocycles. The van der Waals surface area contributed by atoms with Crippen LogP contribution in [0, 0.1) is 19.8 Å². The third kappa shape index (κ3) is 4.05. The normalized spacial score (nSPS) is 18.8. The van der Waals surface area contributed by atoms with Gasteiger partial charge in [0.05, 0.1) is 0 Å². The number of piperazine rings is 1. The van der Waals surface area contributed by atoms with Crippen molar-refractivity contribution in [2.75, 3.05) is 26.2 Å². The average molecular weight is 260 g/mol. The van der Waals surface area contributed by atoms with Crippen LogP contribution in [0.1, 0.15) is 43.0 Å². The Kier molecular flexibility index (Phi) is 5.00. The lowest BCUT2D eigenvalue weighted by Gasteiger charge is -2.36. The Labute approximate surface area is 118 Å². The van der Waals surface area contributed by atoms with E-state index in [1.807, 2.05) is 0 Å². The van der Waals surface area contributed by atoms with E-state index >= 15 is 0 Å². The van der Waals surface area contributed by atoms with Gasteiger partial charge >= 0.3 is 0 Å². The fourth-order valence-corrected chi connectivity index (χ4v) is 3.14. The minimum Gasteiger partial charge on any atom is -0.314 e. The molecule has 0 aliphatic carbocycles. The highest BCUT2D eigenvalue weighted by molar-refractivity contribution is 5.31. The van der Waals surface area contributed by atoms with E-state index in [9.17, 15) is 0 Å². The molecular weight excluding hydrogens is 232 g/mol. The molecule has 19 heavy (non-hydrogen) atoms. The van der Waals surface area contributed by atoms with Crippen LogP contribution in [0.25, 0.3) is 0 Å². The minimum absolute atomic E-state index is 0.584. The van der Waals surface area contributed by atoms with Crippen LogP contribution in [0.15, 0.2) is 18.2 Å². The molecule has 1 aliphatic rings. The van der Waals surface area contributed by atoms with Crippen LogP contribution < -0.4 is 5.32 Å². The summed E-state index contributed by atoms with van der Waals surface area (Å²) in [5, 5.41) is 3.46. The van der Waals surface area contributed by atoms with E-state index in [-0.39, 0.29) is 0 Å². The molecule has 106 valence electrons. The summed E-state index contributed by atoms with van der Waals surface area (Å²) in [7, 11) is 0. The second-order valence-electron chi connectivity index (χ2n) is 6.35. The molecule has 1 atom stereocenters. The minimum atomic E-state index is 0.584. The van der Waals surface area contributed by atoms with E-state index < -0.39 is 0 Å². The predicted octanol–water partition coefficient (Wildman–Crippen LogP) is 3.30. The van der Waals surface area contributed by atoms with Crippen molar-refractivity contribution in [3.63, 3.8) is 0 Å². The van der Waals surface area contributed by atoms with Gasteiger partial charge in [-0.05, 0) is 31.7 Å². The van der Waals surface area contributed by atoms with E-state index in [4.69, 9.17) is 0 Å². The largest absolute Gasteiger partial charge is 0.314 e. The molecule has 0 saturated carbocycles. The summed E-state index contributed by atoms with van der Waals surface area (Å²) in [4.78, 5) is 2.66. The van der Waals surface area contributed by atoms with Crippen molar-refractivity contribution >= 4 is 0 Å². The molecule has 0 spiro atoms. The lowest BCUT2D eigenvalue weighted by atomic mass is 9.93. The Morgan fingerprint density at radius 2 is 1.63 bits per heavy atom. The molecule has 1 saturated heterocycles. The number of hydrogen-bond acceptors (Lipinski definition) is 2. The van der Waals surface area contributed by atoms with Crippen molar-refractivity contribution in [3.8, 4) is 0 Å². The molecule has 1 heterocycles. The predicted molar refractivity (Wildman–Crippen MR) is 82.6 cm³/mol. The van der Waals surface area contributed by atoms with Crippen molar-refractivity contribution in [1.29, 1.82) is 0 Å². The average Bonchev–Trinajstić information content (AvgIpc) is 2.35. The summed E-state index contributed by atoms with van der Waals surface area (Å²) in [6.07, 6.45) is 1.25. The molecule has 1 fully saturated rings. The smallest absolute Gasteiger partial charge is 0.0351 e. The van der Waals surface area contributed by atoms with E-state index in [1.165, 1.54) is 36.2 Å². The topological polar surface area (TPSA) is 15.3 Å². The van der Waals surface area contributed by atoms with Crippen LogP contribution in [-0.2, 0) is 0 Å². The molecule has 0 radical (unpaired) electrons. The van der Waals surface area contributed by atoms with Gasteiger partial charge in [0.25, 0.3) is 0 Å². The highest BCUT2D eigenvalue weighted by atomic mass is 15.2. The molecule has 1 aromatic carbocycles. The van der Waals surface area contributed by atoms with Crippen molar-refractivity contribution in [1.82, 2.24) is 10.2 Å². The second kappa shape index (κ2) is 6.53. The van der Waals surface area contributed by atoms with Gasteiger partial charge in [-0.15, -0.1) is 0 Å². The third-order valence-corrected chi connectivity index (χ3v) is 3.92. The third-order valence-electron chi connectivity index (χ3n) is 3.92. The molecule has 0 amide bonds. The first kappa shape index (κ1) is 14.5. The van der Waals surface area contributed by atoms with E-state index in [0.29, 0.717) is 6.04 Å². The fourth-order valence-electron chi connectivity index (χ4n) is 3.14. The molecular formula is C17H28N2. The number of rotatable bonds is 4. The van der Waals surface area contributed by atoms with Gasteiger partial charge in [0.2, 0.25) is 0 Å². The summed E-state index contributed by atoms with van der Waals surface area (Å²) in [6.45, 7) is 13.7. The SMILES string of the molecule is Cc1cc(C)cc([C@@H](CC(C)C)N2CCNCC2)c1. The molecule has 2 nitrogen and oxygen atoms in total. The number of nitrogens with one attached hydrogen (secondary N) is 1. The summed E-state index contributed by atoms with van der Waals surface area (Å²) in [6, 6.07) is 7.61. The van der Waals surface area contributed by atoms with Crippen molar-refractivity contribution < 1.29 is 0 Å².